The maximum Gasteiger partial charge on any atom is 0.157 e. The lowest BCUT2D eigenvalue weighted by Gasteiger charge is -2.10. The minimum Gasteiger partial charge on any atom is -0.490 e. The molecule has 5 heteroatoms. The number of rotatable bonds is 7. The fourth-order valence-corrected chi connectivity index (χ4v) is 1.59. The Bertz CT molecular complexity index is 391. The van der Waals surface area contributed by atoms with Crippen molar-refractivity contribution in [1.82, 2.24) is 15.1 Å². The molecule has 0 radical (unpaired) electrons. The topological polar surface area (TPSA) is 62.9 Å². The summed E-state index contributed by atoms with van der Waals surface area (Å²) in [4.78, 5) is 0. The van der Waals surface area contributed by atoms with E-state index in [-0.39, 0.29) is 6.04 Å². The Morgan fingerprint density at radius 2 is 2.53 bits per heavy atom. The molecule has 1 unspecified atom stereocenters. The Labute approximate surface area is 101 Å². The second-order valence-corrected chi connectivity index (χ2v) is 4.37. The molecule has 1 fully saturated rings. The fraction of sp³-hybridized carbons (Fsp3) is 0.667. The van der Waals surface area contributed by atoms with Crippen LogP contribution in [0.25, 0.3) is 0 Å². The molecule has 0 aromatic carbocycles. The summed E-state index contributed by atoms with van der Waals surface area (Å²) in [7, 11) is 0. The predicted octanol–water partition coefficient (Wildman–Crippen LogP) is 1.32. The average molecular weight is 234 g/mol. The molecule has 1 atom stereocenters. The SMILES string of the molecule is CCCOc1cnn(CC(C#N)NC2CC2)c1. The molecule has 1 aromatic rings. The van der Waals surface area contributed by atoms with Crippen LogP contribution in [0.15, 0.2) is 12.4 Å². The summed E-state index contributed by atoms with van der Waals surface area (Å²) in [5.74, 6) is 0.773. The molecule has 0 amide bonds. The summed E-state index contributed by atoms with van der Waals surface area (Å²) in [6.07, 6.45) is 6.88. The van der Waals surface area contributed by atoms with Gasteiger partial charge in [0.05, 0.1) is 31.6 Å². The highest BCUT2D eigenvalue weighted by Crippen LogP contribution is 2.19. The van der Waals surface area contributed by atoms with Crippen molar-refractivity contribution in [3.8, 4) is 11.8 Å². The Morgan fingerprint density at radius 3 is 3.18 bits per heavy atom. The highest BCUT2D eigenvalue weighted by molar-refractivity contribution is 5.12. The monoisotopic (exact) mass is 234 g/mol. The second kappa shape index (κ2) is 5.69. The predicted molar refractivity (Wildman–Crippen MR) is 63.6 cm³/mol. The van der Waals surface area contributed by atoms with Crippen LogP contribution in [0.4, 0.5) is 0 Å². The number of aromatic nitrogens is 2. The lowest BCUT2D eigenvalue weighted by atomic mass is 10.3. The second-order valence-electron chi connectivity index (χ2n) is 4.37. The summed E-state index contributed by atoms with van der Waals surface area (Å²) >= 11 is 0. The van der Waals surface area contributed by atoms with E-state index in [2.05, 4.69) is 23.4 Å². The number of nitriles is 1. The van der Waals surface area contributed by atoms with Crippen molar-refractivity contribution in [2.75, 3.05) is 6.61 Å². The first-order chi connectivity index (χ1) is 8.31. The Kier molecular flexibility index (Phi) is 3.99. The third-order valence-electron chi connectivity index (χ3n) is 2.62. The van der Waals surface area contributed by atoms with Crippen LogP contribution in [0, 0.1) is 11.3 Å². The van der Waals surface area contributed by atoms with Crippen molar-refractivity contribution in [3.05, 3.63) is 12.4 Å². The van der Waals surface area contributed by atoms with Gasteiger partial charge >= 0.3 is 0 Å². The van der Waals surface area contributed by atoms with Gasteiger partial charge in [-0.25, -0.2) is 0 Å². The quantitative estimate of drug-likeness (QED) is 0.772. The van der Waals surface area contributed by atoms with Crippen molar-refractivity contribution in [3.63, 3.8) is 0 Å². The van der Waals surface area contributed by atoms with E-state index in [0.717, 1.165) is 12.2 Å². The summed E-state index contributed by atoms with van der Waals surface area (Å²) in [5.41, 5.74) is 0. The van der Waals surface area contributed by atoms with Gasteiger partial charge in [0.2, 0.25) is 0 Å². The van der Waals surface area contributed by atoms with Crippen LogP contribution < -0.4 is 10.1 Å². The van der Waals surface area contributed by atoms with Crippen molar-refractivity contribution in [2.45, 2.75) is 44.8 Å². The lowest BCUT2D eigenvalue weighted by molar-refractivity contribution is 0.316. The average Bonchev–Trinajstić information content (AvgIpc) is 3.04. The summed E-state index contributed by atoms with van der Waals surface area (Å²) in [6.45, 7) is 3.34. The summed E-state index contributed by atoms with van der Waals surface area (Å²) < 4.78 is 7.22. The zero-order chi connectivity index (χ0) is 12.1. The molecule has 0 saturated heterocycles. The molecular formula is C12H18N4O. The van der Waals surface area contributed by atoms with Crippen molar-refractivity contribution in [1.29, 1.82) is 5.26 Å². The van der Waals surface area contributed by atoms with Crippen LogP contribution >= 0.6 is 0 Å². The maximum absolute atomic E-state index is 9.03. The maximum atomic E-state index is 9.03. The largest absolute Gasteiger partial charge is 0.490 e. The molecule has 0 bridgehead atoms. The zero-order valence-corrected chi connectivity index (χ0v) is 10.1. The zero-order valence-electron chi connectivity index (χ0n) is 10.1. The highest BCUT2D eigenvalue weighted by Gasteiger charge is 2.24. The molecule has 1 aliphatic rings. The molecule has 0 spiro atoms. The van der Waals surface area contributed by atoms with Gasteiger partial charge < -0.3 is 4.74 Å². The molecule has 1 heterocycles. The molecule has 0 aliphatic heterocycles. The van der Waals surface area contributed by atoms with Crippen LogP contribution in [0.3, 0.4) is 0 Å². The molecule has 1 saturated carbocycles. The van der Waals surface area contributed by atoms with Gasteiger partial charge in [0.1, 0.15) is 6.04 Å². The van der Waals surface area contributed by atoms with Gasteiger partial charge in [-0.2, -0.15) is 10.4 Å². The van der Waals surface area contributed by atoms with Crippen molar-refractivity contribution in [2.24, 2.45) is 0 Å². The smallest absolute Gasteiger partial charge is 0.157 e. The van der Waals surface area contributed by atoms with Gasteiger partial charge in [0.15, 0.2) is 5.75 Å². The Hall–Kier alpha value is -1.54. The van der Waals surface area contributed by atoms with Crippen LogP contribution in [0.5, 0.6) is 5.75 Å². The van der Waals surface area contributed by atoms with Gasteiger partial charge in [0.25, 0.3) is 0 Å². The van der Waals surface area contributed by atoms with Crippen LogP contribution in [-0.2, 0) is 6.54 Å². The van der Waals surface area contributed by atoms with E-state index in [9.17, 15) is 0 Å². The fourth-order valence-electron chi connectivity index (χ4n) is 1.59. The Balaban J connectivity index is 1.83. The first-order valence-electron chi connectivity index (χ1n) is 6.12. The molecule has 1 aliphatic carbocycles. The molecule has 5 nitrogen and oxygen atoms in total. The van der Waals surface area contributed by atoms with Gasteiger partial charge in [-0.3, -0.25) is 10.00 Å². The standard InChI is InChI=1S/C12H18N4O/c1-2-5-17-12-7-14-16(9-12)8-11(6-13)15-10-3-4-10/h7,9-11,15H,2-5,8H2,1H3. The van der Waals surface area contributed by atoms with Gasteiger partial charge in [0, 0.05) is 6.04 Å². The van der Waals surface area contributed by atoms with E-state index >= 15 is 0 Å². The first kappa shape index (κ1) is 11.9. The number of nitrogens with zero attached hydrogens (tertiary/aromatic N) is 3. The van der Waals surface area contributed by atoms with Gasteiger partial charge in [-0.15, -0.1) is 0 Å². The molecule has 17 heavy (non-hydrogen) atoms. The van der Waals surface area contributed by atoms with Crippen molar-refractivity contribution >= 4 is 0 Å². The van der Waals surface area contributed by atoms with Crippen LogP contribution in [-0.4, -0.2) is 28.5 Å². The van der Waals surface area contributed by atoms with E-state index in [1.807, 2.05) is 6.20 Å². The van der Waals surface area contributed by atoms with Crippen LogP contribution in [0.1, 0.15) is 26.2 Å². The number of hydrogen-bond donors (Lipinski definition) is 1. The Morgan fingerprint density at radius 1 is 1.71 bits per heavy atom. The summed E-state index contributed by atoms with van der Waals surface area (Å²) in [6, 6.07) is 2.63. The molecule has 2 rings (SSSR count). The third kappa shape index (κ3) is 3.75. The summed E-state index contributed by atoms with van der Waals surface area (Å²) in [5, 5.41) is 16.5. The number of nitrogens with one attached hydrogen (secondary N) is 1. The van der Waals surface area contributed by atoms with Gasteiger partial charge in [-0.05, 0) is 19.3 Å². The van der Waals surface area contributed by atoms with E-state index in [1.54, 1.807) is 10.9 Å². The normalized spacial score (nSPS) is 16.5. The van der Waals surface area contributed by atoms with Gasteiger partial charge in [-0.1, -0.05) is 6.92 Å². The number of hydrogen-bond acceptors (Lipinski definition) is 4. The number of ether oxygens (including phenoxy) is 1. The molecule has 1 aromatic heterocycles. The van der Waals surface area contributed by atoms with Crippen LogP contribution in [0.2, 0.25) is 0 Å². The lowest BCUT2D eigenvalue weighted by Crippen LogP contribution is -2.33. The molecule has 1 N–H and O–H groups in total. The molecular weight excluding hydrogens is 216 g/mol. The van der Waals surface area contributed by atoms with E-state index in [4.69, 9.17) is 10.00 Å². The minimum absolute atomic E-state index is 0.165. The highest BCUT2D eigenvalue weighted by atomic mass is 16.5. The molecule has 92 valence electrons. The third-order valence-corrected chi connectivity index (χ3v) is 2.62. The first-order valence-corrected chi connectivity index (χ1v) is 6.12. The van der Waals surface area contributed by atoms with E-state index in [1.165, 1.54) is 12.8 Å². The van der Waals surface area contributed by atoms with E-state index < -0.39 is 0 Å². The minimum atomic E-state index is -0.165. The van der Waals surface area contributed by atoms with E-state index in [0.29, 0.717) is 19.2 Å². The van der Waals surface area contributed by atoms with Crippen molar-refractivity contribution < 1.29 is 4.74 Å².